The van der Waals surface area contributed by atoms with Gasteiger partial charge in [-0.25, -0.2) is 4.98 Å². The zero-order valence-electron chi connectivity index (χ0n) is 17.7. The predicted molar refractivity (Wildman–Crippen MR) is 118 cm³/mol. The van der Waals surface area contributed by atoms with E-state index >= 15 is 0 Å². The molecule has 8 heteroatoms. The van der Waals surface area contributed by atoms with Gasteiger partial charge < -0.3 is 25.3 Å². The highest BCUT2D eigenvalue weighted by Crippen LogP contribution is 2.28. The molecule has 8 nitrogen and oxygen atoms in total. The first-order valence-electron chi connectivity index (χ1n) is 10.4. The molecule has 2 amide bonds. The molecule has 3 N–H and O–H groups in total. The second-order valence-corrected chi connectivity index (χ2v) is 7.98. The molecule has 0 saturated carbocycles. The summed E-state index contributed by atoms with van der Waals surface area (Å²) in [4.78, 5) is 34.1. The van der Waals surface area contributed by atoms with Gasteiger partial charge in [0.15, 0.2) is 0 Å². The normalized spacial score (nSPS) is 16.8. The zero-order chi connectivity index (χ0) is 21.8. The van der Waals surface area contributed by atoms with Crippen LogP contribution in [0.5, 0.6) is 11.5 Å². The lowest BCUT2D eigenvalue weighted by Gasteiger charge is -2.23. The molecule has 0 radical (unpaired) electrons. The van der Waals surface area contributed by atoms with Gasteiger partial charge in [-0.15, -0.1) is 0 Å². The molecule has 1 saturated heterocycles. The maximum Gasteiger partial charge on any atom is 0.244 e. The number of pyridine rings is 1. The fraction of sp³-hybridized carbons (Fsp3) is 0.348. The Labute approximate surface area is 181 Å². The maximum atomic E-state index is 12.7. The average Bonchev–Trinajstić information content (AvgIpc) is 3.46. The van der Waals surface area contributed by atoms with Crippen LogP contribution < -0.4 is 15.4 Å². The van der Waals surface area contributed by atoms with Gasteiger partial charge in [0.25, 0.3) is 0 Å². The molecule has 0 bridgehead atoms. The number of likely N-dealkylation sites (N-methyl/N-ethyl adjacent to an activating group) is 1. The topological polar surface area (TPSA) is 99.3 Å². The molecule has 0 spiro atoms. The van der Waals surface area contributed by atoms with Gasteiger partial charge in [-0.3, -0.25) is 9.59 Å². The molecule has 1 fully saturated rings. The fourth-order valence-electron chi connectivity index (χ4n) is 3.76. The van der Waals surface area contributed by atoms with E-state index in [1.54, 1.807) is 20.3 Å². The number of H-pyrrole nitrogens is 1. The number of carbonyl (C=O) groups is 2. The SMILES string of the molecule is CN(C)C(=O)C(Cc1ccc(Oc2ccnc3[nH]ccc23)cc1)NC(=O)C1CCNC1. The third kappa shape index (κ3) is 4.86. The van der Waals surface area contributed by atoms with E-state index in [0.29, 0.717) is 18.7 Å². The van der Waals surface area contributed by atoms with Crippen LogP contribution in [-0.2, 0) is 16.0 Å². The minimum absolute atomic E-state index is 0.0710. The van der Waals surface area contributed by atoms with Crippen LogP contribution in [0.1, 0.15) is 12.0 Å². The first kappa shape index (κ1) is 20.9. The average molecular weight is 422 g/mol. The molecule has 1 aliphatic heterocycles. The van der Waals surface area contributed by atoms with Crippen molar-refractivity contribution in [2.24, 2.45) is 5.92 Å². The number of hydrogen-bond acceptors (Lipinski definition) is 5. The summed E-state index contributed by atoms with van der Waals surface area (Å²) in [5.74, 6) is 1.13. The molecule has 1 aliphatic rings. The van der Waals surface area contributed by atoms with Crippen molar-refractivity contribution in [2.75, 3.05) is 27.2 Å². The Morgan fingerprint density at radius 3 is 2.74 bits per heavy atom. The Morgan fingerprint density at radius 2 is 2.03 bits per heavy atom. The molecule has 162 valence electrons. The van der Waals surface area contributed by atoms with Crippen LogP contribution in [-0.4, -0.2) is 59.9 Å². The van der Waals surface area contributed by atoms with Crippen molar-refractivity contribution in [1.82, 2.24) is 25.5 Å². The summed E-state index contributed by atoms with van der Waals surface area (Å²) in [6, 6.07) is 10.7. The largest absolute Gasteiger partial charge is 0.457 e. The van der Waals surface area contributed by atoms with Crippen molar-refractivity contribution in [3.63, 3.8) is 0 Å². The van der Waals surface area contributed by atoms with E-state index in [9.17, 15) is 9.59 Å². The first-order valence-corrected chi connectivity index (χ1v) is 10.4. The summed E-state index contributed by atoms with van der Waals surface area (Å²) in [6.45, 7) is 1.49. The second-order valence-electron chi connectivity index (χ2n) is 7.98. The molecule has 31 heavy (non-hydrogen) atoms. The number of benzene rings is 1. The van der Waals surface area contributed by atoms with E-state index in [0.717, 1.165) is 35.3 Å². The maximum absolute atomic E-state index is 12.7. The Bertz CT molecular complexity index is 1050. The number of carbonyl (C=O) groups excluding carboxylic acids is 2. The number of rotatable bonds is 7. The third-order valence-corrected chi connectivity index (χ3v) is 5.50. The lowest BCUT2D eigenvalue weighted by atomic mass is 10.0. The van der Waals surface area contributed by atoms with Crippen LogP contribution >= 0.6 is 0 Å². The van der Waals surface area contributed by atoms with Crippen LogP contribution in [0.4, 0.5) is 0 Å². The van der Waals surface area contributed by atoms with Crippen LogP contribution in [0, 0.1) is 5.92 Å². The van der Waals surface area contributed by atoms with E-state index in [1.165, 1.54) is 4.90 Å². The van der Waals surface area contributed by atoms with Gasteiger partial charge in [-0.05, 0) is 42.8 Å². The van der Waals surface area contributed by atoms with Gasteiger partial charge >= 0.3 is 0 Å². The van der Waals surface area contributed by atoms with Crippen LogP contribution in [0.3, 0.4) is 0 Å². The molecule has 0 aliphatic carbocycles. The van der Waals surface area contributed by atoms with Crippen molar-refractivity contribution in [3.05, 3.63) is 54.4 Å². The van der Waals surface area contributed by atoms with Gasteiger partial charge in [0, 0.05) is 39.5 Å². The summed E-state index contributed by atoms with van der Waals surface area (Å²) in [6.07, 6.45) is 4.73. The summed E-state index contributed by atoms with van der Waals surface area (Å²) in [5.41, 5.74) is 1.71. The number of nitrogens with zero attached hydrogens (tertiary/aromatic N) is 2. The molecule has 3 heterocycles. The van der Waals surface area contributed by atoms with E-state index in [1.807, 2.05) is 42.6 Å². The fourth-order valence-corrected chi connectivity index (χ4v) is 3.76. The number of nitrogens with one attached hydrogen (secondary N) is 3. The summed E-state index contributed by atoms with van der Waals surface area (Å²) in [7, 11) is 3.40. The summed E-state index contributed by atoms with van der Waals surface area (Å²) in [5, 5.41) is 7.05. The molecule has 3 aromatic rings. The smallest absolute Gasteiger partial charge is 0.244 e. The van der Waals surface area contributed by atoms with Gasteiger partial charge in [0.1, 0.15) is 23.2 Å². The van der Waals surface area contributed by atoms with Crippen molar-refractivity contribution in [2.45, 2.75) is 18.9 Å². The summed E-state index contributed by atoms with van der Waals surface area (Å²) < 4.78 is 6.02. The van der Waals surface area contributed by atoms with E-state index < -0.39 is 6.04 Å². The molecular weight excluding hydrogens is 394 g/mol. The monoisotopic (exact) mass is 421 g/mol. The van der Waals surface area contributed by atoms with Gasteiger partial charge in [-0.1, -0.05) is 12.1 Å². The van der Waals surface area contributed by atoms with Gasteiger partial charge in [0.05, 0.1) is 11.3 Å². The van der Waals surface area contributed by atoms with Crippen LogP contribution in [0.2, 0.25) is 0 Å². The first-order chi connectivity index (χ1) is 15.0. The van der Waals surface area contributed by atoms with Crippen molar-refractivity contribution in [1.29, 1.82) is 0 Å². The highest BCUT2D eigenvalue weighted by atomic mass is 16.5. The van der Waals surface area contributed by atoms with Crippen LogP contribution in [0.25, 0.3) is 11.0 Å². The van der Waals surface area contributed by atoms with E-state index in [2.05, 4.69) is 20.6 Å². The zero-order valence-corrected chi connectivity index (χ0v) is 17.7. The number of aromatic nitrogens is 2. The van der Waals surface area contributed by atoms with Gasteiger partial charge in [-0.2, -0.15) is 0 Å². The lowest BCUT2D eigenvalue weighted by molar-refractivity contribution is -0.135. The Morgan fingerprint density at radius 1 is 1.23 bits per heavy atom. The summed E-state index contributed by atoms with van der Waals surface area (Å²) >= 11 is 0. The number of amides is 2. The lowest BCUT2D eigenvalue weighted by Crippen LogP contribution is -2.49. The van der Waals surface area contributed by atoms with Crippen molar-refractivity contribution < 1.29 is 14.3 Å². The minimum atomic E-state index is -0.602. The second kappa shape index (κ2) is 9.18. The third-order valence-electron chi connectivity index (χ3n) is 5.50. The highest BCUT2D eigenvalue weighted by Gasteiger charge is 2.28. The van der Waals surface area contributed by atoms with E-state index in [4.69, 9.17) is 4.74 Å². The molecule has 2 atom stereocenters. The molecule has 2 unspecified atom stereocenters. The van der Waals surface area contributed by atoms with Crippen molar-refractivity contribution in [3.8, 4) is 11.5 Å². The van der Waals surface area contributed by atoms with Crippen LogP contribution in [0.15, 0.2) is 48.8 Å². The van der Waals surface area contributed by atoms with Gasteiger partial charge in [0.2, 0.25) is 11.8 Å². The predicted octanol–water partition coefficient (Wildman–Crippen LogP) is 2.08. The van der Waals surface area contributed by atoms with Crippen molar-refractivity contribution >= 4 is 22.8 Å². The van der Waals surface area contributed by atoms with E-state index in [-0.39, 0.29) is 17.7 Å². The quantitative estimate of drug-likeness (QED) is 0.543. The number of fused-ring (bicyclic) bond motifs is 1. The Balaban J connectivity index is 1.45. The molecule has 2 aromatic heterocycles. The highest BCUT2D eigenvalue weighted by molar-refractivity contribution is 5.88. The Hall–Kier alpha value is -3.39. The number of ether oxygens (including phenoxy) is 1. The molecular formula is C23H27N5O3. The number of aromatic amines is 1. The minimum Gasteiger partial charge on any atom is -0.457 e. The standard InChI is InChI=1S/C23H27N5O3/c1-28(2)23(30)19(27-22(29)16-7-10-24-14-16)13-15-3-5-17(6-4-15)31-20-9-12-26-21-18(20)8-11-25-21/h3-6,8-9,11-12,16,19,24H,7,10,13-14H2,1-2H3,(H,25,26)(H,27,29). The molecule has 4 rings (SSSR count). The molecule has 1 aromatic carbocycles. The number of hydrogen-bond donors (Lipinski definition) is 3. The Kier molecular flexibility index (Phi) is 6.18.